The quantitative estimate of drug-likeness (QED) is 0.324. The monoisotopic (exact) mass is 542 g/mol. The van der Waals surface area contributed by atoms with Gasteiger partial charge in [-0.25, -0.2) is 0 Å². The van der Waals surface area contributed by atoms with Gasteiger partial charge in [0.25, 0.3) is 0 Å². The Hall–Kier alpha value is -1.53. The zero-order valence-corrected chi connectivity index (χ0v) is 28.9. The van der Waals surface area contributed by atoms with E-state index in [1.165, 1.54) is 33.1 Å². The van der Waals surface area contributed by atoms with Gasteiger partial charge in [-0.1, -0.05) is 0 Å². The molecule has 216 valence electrons. The van der Waals surface area contributed by atoms with Crippen molar-refractivity contribution < 1.29 is 9.47 Å². The summed E-state index contributed by atoms with van der Waals surface area (Å²) in [5.41, 5.74) is 6.86. The van der Waals surface area contributed by atoms with Crippen molar-refractivity contribution >= 4 is 12.6 Å². The van der Waals surface area contributed by atoms with Crippen LogP contribution >= 0.6 is 7.26 Å². The van der Waals surface area contributed by atoms with Crippen LogP contribution in [-0.4, -0.2) is 29.7 Å². The third kappa shape index (κ3) is 5.41. The summed E-state index contributed by atoms with van der Waals surface area (Å²) in [4.78, 5) is 0. The molecule has 0 amide bonds. The van der Waals surface area contributed by atoms with Crippen LogP contribution in [0.3, 0.4) is 0 Å². The minimum atomic E-state index is -2.47. The second-order valence-electron chi connectivity index (χ2n) is 15.3. The van der Waals surface area contributed by atoms with Gasteiger partial charge in [-0.05, 0) is 0 Å². The maximum atomic E-state index is 6.34. The third-order valence-electron chi connectivity index (χ3n) is 8.70. The Morgan fingerprint density at radius 3 is 1.21 bits per heavy atom. The van der Waals surface area contributed by atoms with Gasteiger partial charge >= 0.3 is 237 Å². The van der Waals surface area contributed by atoms with Crippen LogP contribution < -0.4 is 14.8 Å². The van der Waals surface area contributed by atoms with Crippen molar-refractivity contribution in [2.75, 3.05) is 14.2 Å². The van der Waals surface area contributed by atoms with E-state index in [1.807, 2.05) is 14.2 Å². The molecule has 0 fully saturated rings. The fraction of sp³-hybridized carbons (Fsp3) is 0.657. The van der Waals surface area contributed by atoms with Crippen LogP contribution in [0.15, 0.2) is 24.3 Å². The van der Waals surface area contributed by atoms with Crippen molar-refractivity contribution in [2.24, 2.45) is 0 Å². The van der Waals surface area contributed by atoms with E-state index in [1.54, 1.807) is 0 Å². The minimum absolute atomic E-state index is 0.0474. The van der Waals surface area contributed by atoms with Gasteiger partial charge in [-0.2, -0.15) is 0 Å². The molecule has 0 saturated carbocycles. The zero-order valence-electron chi connectivity index (χ0n) is 27.9. The molecule has 0 aromatic heterocycles. The SMILES string of the molecule is COc1ccc(OC)c([PH](C(C)(C)C)(C(C)(C)C)C(C)(C)C)c1-c1c(C(C)C)cc(C(C)C)cc1C(C)C. The van der Waals surface area contributed by atoms with Crippen LogP contribution in [0.4, 0.5) is 0 Å². The maximum absolute atomic E-state index is 6.34. The molecule has 0 bridgehead atoms. The van der Waals surface area contributed by atoms with Crippen LogP contribution in [0.25, 0.3) is 11.1 Å². The third-order valence-corrected chi connectivity index (χ3v) is 16.7. The molecule has 2 nitrogen and oxygen atoms in total. The first-order chi connectivity index (χ1) is 17.2. The van der Waals surface area contributed by atoms with E-state index in [2.05, 4.69) is 128 Å². The molecule has 3 heteroatoms. The van der Waals surface area contributed by atoms with Gasteiger partial charge in [0.15, 0.2) is 0 Å². The van der Waals surface area contributed by atoms with Crippen LogP contribution in [0, 0.1) is 0 Å². The van der Waals surface area contributed by atoms with Crippen molar-refractivity contribution in [1.82, 2.24) is 0 Å². The van der Waals surface area contributed by atoms with Gasteiger partial charge < -0.3 is 0 Å². The number of hydrogen-bond acceptors (Lipinski definition) is 2. The molecule has 2 aromatic carbocycles. The normalized spacial score (nSPS) is 14.0. The first-order valence-corrected chi connectivity index (χ1v) is 16.6. The predicted octanol–water partition coefficient (Wildman–Crippen LogP) is 10.5. The molecule has 2 rings (SSSR count). The van der Waals surface area contributed by atoms with Gasteiger partial charge in [0.2, 0.25) is 0 Å². The molecule has 0 saturated heterocycles. The van der Waals surface area contributed by atoms with Crippen molar-refractivity contribution in [3.63, 3.8) is 0 Å². The van der Waals surface area contributed by atoms with E-state index in [-0.39, 0.29) is 15.5 Å². The molecular weight excluding hydrogens is 483 g/mol. The Kier molecular flexibility index (Phi) is 9.59. The van der Waals surface area contributed by atoms with Gasteiger partial charge in [0, 0.05) is 0 Å². The van der Waals surface area contributed by atoms with E-state index < -0.39 is 7.26 Å². The summed E-state index contributed by atoms with van der Waals surface area (Å²) >= 11 is 0. The molecule has 0 aliphatic rings. The average molecular weight is 543 g/mol. The zero-order chi connectivity index (χ0) is 29.6. The molecule has 0 unspecified atom stereocenters. The summed E-state index contributed by atoms with van der Waals surface area (Å²) in [6.07, 6.45) is 0. The van der Waals surface area contributed by atoms with Crippen molar-refractivity contribution in [2.45, 2.75) is 137 Å². The number of benzene rings is 2. The van der Waals surface area contributed by atoms with E-state index >= 15 is 0 Å². The van der Waals surface area contributed by atoms with Crippen LogP contribution in [0.2, 0.25) is 0 Å². The molecular formula is C35H59O2P. The molecule has 0 radical (unpaired) electrons. The second-order valence-corrected chi connectivity index (χ2v) is 21.8. The Morgan fingerprint density at radius 1 is 0.553 bits per heavy atom. The fourth-order valence-corrected chi connectivity index (χ4v) is 18.4. The predicted molar refractivity (Wildman–Crippen MR) is 174 cm³/mol. The first-order valence-electron chi connectivity index (χ1n) is 14.6. The number of hydrogen-bond donors (Lipinski definition) is 0. The molecule has 0 aliphatic carbocycles. The Morgan fingerprint density at radius 2 is 0.921 bits per heavy atom. The van der Waals surface area contributed by atoms with Crippen LogP contribution in [-0.2, 0) is 0 Å². The standard InChI is InChI=1S/C35H59O2P/c1-22(2)25-20-26(23(3)4)30(27(21-25)24(5)6)31-28(36-16)18-19-29(37-17)32(31)38(33(7,8)9,34(10,11)12)35(13,14)15/h18-24,38H,1-17H3. The average Bonchev–Trinajstić information content (AvgIpc) is 2.74. The van der Waals surface area contributed by atoms with E-state index in [0.29, 0.717) is 17.8 Å². The number of rotatable bonds is 7. The van der Waals surface area contributed by atoms with Gasteiger partial charge in [0.05, 0.1) is 0 Å². The molecule has 38 heavy (non-hydrogen) atoms. The molecule has 0 spiro atoms. The molecule has 0 aliphatic heterocycles. The summed E-state index contributed by atoms with van der Waals surface area (Å²) in [5.74, 6) is 3.18. The van der Waals surface area contributed by atoms with E-state index in [4.69, 9.17) is 9.47 Å². The van der Waals surface area contributed by atoms with Crippen molar-refractivity contribution in [3.8, 4) is 22.6 Å². The summed E-state index contributed by atoms with van der Waals surface area (Å²) < 4.78 is 12.6. The Labute approximate surface area is 236 Å². The van der Waals surface area contributed by atoms with Crippen molar-refractivity contribution in [3.05, 3.63) is 41.0 Å². The van der Waals surface area contributed by atoms with Crippen molar-refractivity contribution in [1.29, 1.82) is 0 Å². The second kappa shape index (κ2) is 11.2. The van der Waals surface area contributed by atoms with Crippen LogP contribution in [0.5, 0.6) is 11.5 Å². The number of methoxy groups -OCH3 is 2. The molecule has 0 N–H and O–H groups in total. The summed E-state index contributed by atoms with van der Waals surface area (Å²) in [7, 11) is 1.20. The Bertz CT molecular complexity index is 1050. The van der Waals surface area contributed by atoms with Gasteiger partial charge in [0.1, 0.15) is 0 Å². The Balaban J connectivity index is 3.48. The van der Waals surface area contributed by atoms with Gasteiger partial charge in [-0.3, -0.25) is 0 Å². The molecule has 2 aromatic rings. The molecule has 0 atom stereocenters. The summed E-state index contributed by atoms with van der Waals surface area (Å²) in [6, 6.07) is 9.23. The fourth-order valence-electron chi connectivity index (χ4n) is 8.27. The summed E-state index contributed by atoms with van der Waals surface area (Å²) in [6.45, 7) is 36.1. The summed E-state index contributed by atoms with van der Waals surface area (Å²) in [5, 5.41) is 1.55. The van der Waals surface area contributed by atoms with Crippen LogP contribution in [0.1, 0.15) is 138 Å². The first kappa shape index (κ1) is 32.7. The van der Waals surface area contributed by atoms with Gasteiger partial charge in [-0.15, -0.1) is 0 Å². The van der Waals surface area contributed by atoms with E-state index in [0.717, 1.165) is 11.5 Å². The molecule has 0 heterocycles. The number of ether oxygens (including phenoxy) is 2. The van der Waals surface area contributed by atoms with E-state index in [9.17, 15) is 0 Å². The topological polar surface area (TPSA) is 18.5 Å².